The minimum Gasteiger partial charge on any atom is -0.468 e. The Bertz CT molecular complexity index is 378. The molecule has 84 valence electrons. The van der Waals surface area contributed by atoms with E-state index in [1.807, 2.05) is 0 Å². The molecule has 0 aliphatic rings. The molecule has 6 heteroatoms. The second-order valence-electron chi connectivity index (χ2n) is 2.86. The highest BCUT2D eigenvalue weighted by atomic mass is 35.5. The van der Waals surface area contributed by atoms with Crippen LogP contribution < -0.4 is 11.3 Å². The molecule has 0 saturated heterocycles. The third-order valence-corrected chi connectivity index (χ3v) is 1.84. The topological polar surface area (TPSA) is 85.2 Å². The molecular formula is C9H13ClN2O3. The Hall–Kier alpha value is -1.33. The zero-order valence-electron chi connectivity index (χ0n) is 8.23. The smallest absolute Gasteiger partial charge is 0.322 e. The molecule has 1 rings (SSSR count). The number of hydrogen-bond acceptors (Lipinski definition) is 4. The van der Waals surface area contributed by atoms with Gasteiger partial charge in [-0.15, -0.1) is 12.4 Å². The number of nitrogens with two attached hydrogens (primary N) is 1. The van der Waals surface area contributed by atoms with Gasteiger partial charge in [0.2, 0.25) is 0 Å². The summed E-state index contributed by atoms with van der Waals surface area (Å²) in [4.78, 5) is 24.7. The summed E-state index contributed by atoms with van der Waals surface area (Å²) in [6.45, 7) is 0. The molecule has 0 aliphatic carbocycles. The summed E-state index contributed by atoms with van der Waals surface area (Å²) >= 11 is 0. The van der Waals surface area contributed by atoms with Crippen molar-refractivity contribution in [3.05, 3.63) is 34.2 Å². The molecule has 0 amide bonds. The van der Waals surface area contributed by atoms with E-state index in [-0.39, 0.29) is 24.4 Å². The summed E-state index contributed by atoms with van der Waals surface area (Å²) < 4.78 is 4.45. The molecule has 15 heavy (non-hydrogen) atoms. The molecule has 5 nitrogen and oxygen atoms in total. The standard InChI is InChI=1S/C9H12N2O3.ClH/c1-14-9(13)7(10)5-6-3-2-4-11-8(6)12;/h2-4,7H,5,10H2,1H3,(H,11,12);1H/t7-;/m0./s1. The number of carbonyl (C=O) groups is 1. The van der Waals surface area contributed by atoms with Gasteiger partial charge in [-0.3, -0.25) is 9.59 Å². The van der Waals surface area contributed by atoms with Gasteiger partial charge < -0.3 is 15.5 Å². The lowest BCUT2D eigenvalue weighted by Gasteiger charge is -2.07. The van der Waals surface area contributed by atoms with E-state index in [4.69, 9.17) is 5.73 Å². The van der Waals surface area contributed by atoms with Crippen LogP contribution in [0.1, 0.15) is 5.56 Å². The second kappa shape index (κ2) is 6.21. The van der Waals surface area contributed by atoms with Crippen molar-refractivity contribution in [2.24, 2.45) is 5.73 Å². The Labute approximate surface area is 93.0 Å². The van der Waals surface area contributed by atoms with Crippen LogP contribution in [0.5, 0.6) is 0 Å². The maximum absolute atomic E-state index is 11.2. The highest BCUT2D eigenvalue weighted by molar-refractivity contribution is 5.85. The Kier molecular flexibility index (Phi) is 5.66. The molecule has 1 aromatic rings. The molecule has 1 atom stereocenters. The molecule has 0 unspecified atom stereocenters. The van der Waals surface area contributed by atoms with E-state index in [1.54, 1.807) is 12.1 Å². The van der Waals surface area contributed by atoms with Gasteiger partial charge in [0.1, 0.15) is 6.04 Å². The van der Waals surface area contributed by atoms with Gasteiger partial charge in [0.05, 0.1) is 7.11 Å². The van der Waals surface area contributed by atoms with Gasteiger partial charge in [-0.1, -0.05) is 6.07 Å². The van der Waals surface area contributed by atoms with Gasteiger partial charge >= 0.3 is 5.97 Å². The zero-order chi connectivity index (χ0) is 10.6. The number of halogens is 1. The van der Waals surface area contributed by atoms with Crippen molar-refractivity contribution in [1.29, 1.82) is 0 Å². The van der Waals surface area contributed by atoms with Crippen molar-refractivity contribution in [2.45, 2.75) is 12.5 Å². The molecule has 0 fully saturated rings. The number of H-pyrrole nitrogens is 1. The maximum Gasteiger partial charge on any atom is 0.322 e. The van der Waals surface area contributed by atoms with Gasteiger partial charge in [0, 0.05) is 18.2 Å². The first-order valence-electron chi connectivity index (χ1n) is 4.15. The van der Waals surface area contributed by atoms with E-state index >= 15 is 0 Å². The summed E-state index contributed by atoms with van der Waals surface area (Å²) in [7, 11) is 1.26. The molecule has 0 aromatic carbocycles. The fourth-order valence-corrected chi connectivity index (χ4v) is 1.09. The Morgan fingerprint density at radius 3 is 2.87 bits per heavy atom. The number of nitrogens with one attached hydrogen (secondary N) is 1. The Morgan fingerprint density at radius 1 is 1.67 bits per heavy atom. The lowest BCUT2D eigenvalue weighted by Crippen LogP contribution is -2.35. The highest BCUT2D eigenvalue weighted by Gasteiger charge is 2.15. The van der Waals surface area contributed by atoms with E-state index in [1.165, 1.54) is 13.3 Å². The average Bonchev–Trinajstić information content (AvgIpc) is 2.20. The van der Waals surface area contributed by atoms with E-state index in [0.717, 1.165) is 0 Å². The molecule has 0 saturated carbocycles. The van der Waals surface area contributed by atoms with Crippen LogP contribution in [0.3, 0.4) is 0 Å². The van der Waals surface area contributed by atoms with Crippen molar-refractivity contribution in [3.8, 4) is 0 Å². The van der Waals surface area contributed by atoms with Crippen LogP contribution in [-0.4, -0.2) is 24.1 Å². The molecule has 0 bridgehead atoms. The molecular weight excluding hydrogens is 220 g/mol. The Morgan fingerprint density at radius 2 is 2.33 bits per heavy atom. The zero-order valence-corrected chi connectivity index (χ0v) is 9.04. The summed E-state index contributed by atoms with van der Waals surface area (Å²) in [6.07, 6.45) is 1.71. The van der Waals surface area contributed by atoms with Crippen LogP contribution in [0.25, 0.3) is 0 Å². The number of ether oxygens (including phenoxy) is 1. The van der Waals surface area contributed by atoms with Crippen LogP contribution >= 0.6 is 12.4 Å². The number of aromatic nitrogens is 1. The van der Waals surface area contributed by atoms with Crippen LogP contribution in [0.15, 0.2) is 23.1 Å². The van der Waals surface area contributed by atoms with Crippen LogP contribution in [0.2, 0.25) is 0 Å². The SMILES string of the molecule is COC(=O)[C@@H](N)Cc1ccc[nH]c1=O.Cl. The van der Waals surface area contributed by atoms with Crippen LogP contribution in [-0.2, 0) is 16.0 Å². The quantitative estimate of drug-likeness (QED) is 0.710. The first kappa shape index (κ1) is 13.7. The fraction of sp³-hybridized carbons (Fsp3) is 0.333. The van der Waals surface area contributed by atoms with Gasteiger partial charge in [0.25, 0.3) is 5.56 Å². The van der Waals surface area contributed by atoms with Crippen molar-refractivity contribution < 1.29 is 9.53 Å². The third-order valence-electron chi connectivity index (χ3n) is 1.84. The minimum atomic E-state index is -0.788. The maximum atomic E-state index is 11.2. The average molecular weight is 233 g/mol. The van der Waals surface area contributed by atoms with Gasteiger partial charge in [-0.05, 0) is 6.07 Å². The number of carbonyl (C=O) groups excluding carboxylic acids is 1. The minimum absolute atomic E-state index is 0. The lowest BCUT2D eigenvalue weighted by molar-refractivity contribution is -0.142. The van der Waals surface area contributed by atoms with Crippen LogP contribution in [0.4, 0.5) is 0 Å². The van der Waals surface area contributed by atoms with Gasteiger partial charge in [0.15, 0.2) is 0 Å². The number of pyridine rings is 1. The predicted molar refractivity (Wildman–Crippen MR) is 58.0 cm³/mol. The summed E-state index contributed by atoms with van der Waals surface area (Å²) in [5, 5.41) is 0. The second-order valence-corrected chi connectivity index (χ2v) is 2.86. The molecule has 0 radical (unpaired) electrons. The van der Waals surface area contributed by atoms with Gasteiger partial charge in [-0.2, -0.15) is 0 Å². The predicted octanol–water partition coefficient (Wildman–Crippen LogP) is -0.161. The summed E-state index contributed by atoms with van der Waals surface area (Å²) in [6, 6.07) is 2.52. The number of aromatic amines is 1. The first-order valence-corrected chi connectivity index (χ1v) is 4.15. The van der Waals surface area contributed by atoms with E-state index in [2.05, 4.69) is 9.72 Å². The van der Waals surface area contributed by atoms with Crippen molar-refractivity contribution in [1.82, 2.24) is 4.98 Å². The Balaban J connectivity index is 0.00000196. The normalized spacial score (nSPS) is 11.3. The molecule has 3 N–H and O–H groups in total. The summed E-state index contributed by atoms with van der Waals surface area (Å²) in [5.41, 5.74) is 5.75. The van der Waals surface area contributed by atoms with Crippen LogP contribution in [0, 0.1) is 0 Å². The van der Waals surface area contributed by atoms with Crippen molar-refractivity contribution >= 4 is 18.4 Å². The number of rotatable bonds is 3. The van der Waals surface area contributed by atoms with Crippen molar-refractivity contribution in [2.75, 3.05) is 7.11 Å². The summed E-state index contributed by atoms with van der Waals surface area (Å²) in [5.74, 6) is -0.520. The number of methoxy groups -OCH3 is 1. The number of esters is 1. The molecule has 1 heterocycles. The first-order chi connectivity index (χ1) is 6.65. The number of hydrogen-bond donors (Lipinski definition) is 2. The van der Waals surface area contributed by atoms with E-state index in [9.17, 15) is 9.59 Å². The highest BCUT2D eigenvalue weighted by Crippen LogP contribution is 1.96. The lowest BCUT2D eigenvalue weighted by atomic mass is 10.1. The molecule has 0 spiro atoms. The monoisotopic (exact) mass is 232 g/mol. The van der Waals surface area contributed by atoms with Crippen molar-refractivity contribution in [3.63, 3.8) is 0 Å². The fourth-order valence-electron chi connectivity index (χ4n) is 1.09. The third kappa shape index (κ3) is 3.73. The van der Waals surface area contributed by atoms with E-state index < -0.39 is 12.0 Å². The van der Waals surface area contributed by atoms with E-state index in [0.29, 0.717) is 5.56 Å². The van der Waals surface area contributed by atoms with Gasteiger partial charge in [-0.25, -0.2) is 0 Å². The molecule has 0 aliphatic heterocycles. The molecule has 1 aromatic heterocycles. The largest absolute Gasteiger partial charge is 0.468 e.